The zero-order valence-electron chi connectivity index (χ0n) is 14.2. The lowest BCUT2D eigenvalue weighted by molar-refractivity contribution is -0.158. The maximum absolute atomic E-state index is 12.6. The summed E-state index contributed by atoms with van der Waals surface area (Å²) in [6.07, 6.45) is 9.89. The van der Waals surface area contributed by atoms with Gasteiger partial charge in [-0.15, -0.1) is 0 Å². The summed E-state index contributed by atoms with van der Waals surface area (Å²) in [4.78, 5) is 18.8. The average molecular weight is 330 g/mol. The number of ether oxygens (including phenoxy) is 2. The Morgan fingerprint density at radius 3 is 3.12 bits per heavy atom. The lowest BCUT2D eigenvalue weighted by atomic mass is 9.73. The second-order valence-electron chi connectivity index (χ2n) is 7.55. The van der Waals surface area contributed by atoms with Crippen LogP contribution in [0.5, 0.6) is 5.75 Å². The molecule has 1 saturated carbocycles. The van der Waals surface area contributed by atoms with Crippen LogP contribution in [0, 0.1) is 11.3 Å². The van der Waals surface area contributed by atoms with Crippen molar-refractivity contribution in [3.63, 3.8) is 0 Å². The zero-order chi connectivity index (χ0) is 16.4. The van der Waals surface area contributed by atoms with Crippen molar-refractivity contribution in [2.75, 3.05) is 26.3 Å². The number of likely N-dealkylation sites (tertiary alicyclic amines) is 1. The van der Waals surface area contributed by atoms with E-state index in [0.29, 0.717) is 18.4 Å². The number of nitrogens with zero attached hydrogens (tertiary/aromatic N) is 2. The van der Waals surface area contributed by atoms with Crippen LogP contribution in [0.1, 0.15) is 38.5 Å². The van der Waals surface area contributed by atoms with E-state index in [1.165, 1.54) is 12.8 Å². The molecule has 0 N–H and O–H groups in total. The number of piperidine rings is 1. The van der Waals surface area contributed by atoms with Gasteiger partial charge in [0, 0.05) is 37.7 Å². The molecule has 2 atom stereocenters. The molecule has 1 aromatic heterocycles. The van der Waals surface area contributed by atoms with Crippen LogP contribution >= 0.6 is 0 Å². The average Bonchev–Trinajstić information content (AvgIpc) is 3.44. The molecule has 24 heavy (non-hydrogen) atoms. The van der Waals surface area contributed by atoms with E-state index in [-0.39, 0.29) is 11.5 Å². The minimum absolute atomic E-state index is 0.0778. The molecule has 3 aliphatic rings. The molecule has 0 spiro atoms. The third-order valence-electron chi connectivity index (χ3n) is 5.66. The highest BCUT2D eigenvalue weighted by molar-refractivity contribution is 5.77. The lowest BCUT2D eigenvalue weighted by Crippen LogP contribution is -2.58. The molecular formula is C19H26N2O3. The molecule has 3 heterocycles. The second kappa shape index (κ2) is 6.71. The van der Waals surface area contributed by atoms with Crippen LogP contribution < -0.4 is 4.74 Å². The van der Waals surface area contributed by atoms with Crippen molar-refractivity contribution < 1.29 is 14.3 Å². The van der Waals surface area contributed by atoms with Gasteiger partial charge < -0.3 is 14.4 Å². The molecule has 5 nitrogen and oxygen atoms in total. The van der Waals surface area contributed by atoms with Crippen molar-refractivity contribution in [3.8, 4) is 5.75 Å². The highest BCUT2D eigenvalue weighted by Gasteiger charge is 2.48. The van der Waals surface area contributed by atoms with Gasteiger partial charge in [-0.3, -0.25) is 9.78 Å². The minimum Gasteiger partial charge on any atom is -0.491 e. The molecule has 3 fully saturated rings. The number of rotatable bonds is 5. The Balaban J connectivity index is 1.45. The predicted molar refractivity (Wildman–Crippen MR) is 89.7 cm³/mol. The van der Waals surface area contributed by atoms with E-state index in [1.807, 2.05) is 12.1 Å². The Hall–Kier alpha value is -1.62. The van der Waals surface area contributed by atoms with Gasteiger partial charge in [-0.2, -0.15) is 0 Å². The van der Waals surface area contributed by atoms with Gasteiger partial charge in [0.05, 0.1) is 18.9 Å². The van der Waals surface area contributed by atoms with E-state index in [4.69, 9.17) is 9.47 Å². The van der Waals surface area contributed by atoms with Gasteiger partial charge in [0.15, 0.2) is 0 Å². The Labute approximate surface area is 143 Å². The summed E-state index contributed by atoms with van der Waals surface area (Å²) in [6, 6.07) is 3.81. The first-order chi connectivity index (χ1) is 11.8. The van der Waals surface area contributed by atoms with Gasteiger partial charge in [0.25, 0.3) is 0 Å². The monoisotopic (exact) mass is 330 g/mol. The fourth-order valence-electron chi connectivity index (χ4n) is 4.07. The van der Waals surface area contributed by atoms with E-state index in [0.717, 1.165) is 51.1 Å². The third kappa shape index (κ3) is 3.41. The summed E-state index contributed by atoms with van der Waals surface area (Å²) in [6.45, 7) is 3.01. The fourth-order valence-corrected chi connectivity index (χ4v) is 4.07. The standard InChI is InChI=1S/C19H26N2O3/c22-18(11-15-4-5-15)21-9-6-17-19(13-21,7-2-10-23-17)14-24-16-3-1-8-20-12-16/h1,3,8,12,15,17H,2,4-7,9-11,13-14H2. The predicted octanol–water partition coefficient (Wildman–Crippen LogP) is 2.66. The van der Waals surface area contributed by atoms with Gasteiger partial charge in [0.2, 0.25) is 5.91 Å². The first-order valence-electron chi connectivity index (χ1n) is 9.17. The first kappa shape index (κ1) is 15.9. The molecule has 2 aliphatic heterocycles. The molecule has 1 aliphatic carbocycles. The summed E-state index contributed by atoms with van der Waals surface area (Å²) in [5, 5.41) is 0. The van der Waals surface area contributed by atoms with Gasteiger partial charge in [-0.05, 0) is 50.2 Å². The van der Waals surface area contributed by atoms with Crippen molar-refractivity contribution in [2.24, 2.45) is 11.3 Å². The number of fused-ring (bicyclic) bond motifs is 1. The minimum atomic E-state index is -0.0778. The van der Waals surface area contributed by atoms with Crippen molar-refractivity contribution in [1.82, 2.24) is 9.88 Å². The van der Waals surface area contributed by atoms with E-state index >= 15 is 0 Å². The molecule has 2 saturated heterocycles. The maximum Gasteiger partial charge on any atom is 0.222 e. The Morgan fingerprint density at radius 2 is 2.33 bits per heavy atom. The number of pyridine rings is 1. The Bertz CT molecular complexity index is 575. The van der Waals surface area contributed by atoms with Gasteiger partial charge in [0.1, 0.15) is 5.75 Å². The fraction of sp³-hybridized carbons (Fsp3) is 0.684. The molecule has 4 rings (SSSR count). The lowest BCUT2D eigenvalue weighted by Gasteiger charge is -2.50. The largest absolute Gasteiger partial charge is 0.491 e. The molecular weight excluding hydrogens is 304 g/mol. The van der Waals surface area contributed by atoms with Crippen LogP contribution in [-0.2, 0) is 9.53 Å². The van der Waals surface area contributed by atoms with Crippen molar-refractivity contribution in [2.45, 2.75) is 44.6 Å². The van der Waals surface area contributed by atoms with Gasteiger partial charge >= 0.3 is 0 Å². The summed E-state index contributed by atoms with van der Waals surface area (Å²) in [5.74, 6) is 1.75. The van der Waals surface area contributed by atoms with E-state index in [9.17, 15) is 4.79 Å². The smallest absolute Gasteiger partial charge is 0.222 e. The zero-order valence-corrected chi connectivity index (χ0v) is 14.2. The highest BCUT2D eigenvalue weighted by Crippen LogP contribution is 2.41. The van der Waals surface area contributed by atoms with Crippen LogP contribution in [-0.4, -0.2) is 48.2 Å². The first-order valence-corrected chi connectivity index (χ1v) is 9.17. The summed E-state index contributed by atoms with van der Waals surface area (Å²) in [7, 11) is 0. The molecule has 5 heteroatoms. The third-order valence-corrected chi connectivity index (χ3v) is 5.66. The Morgan fingerprint density at radius 1 is 1.42 bits per heavy atom. The SMILES string of the molecule is O=C(CC1CC1)N1CCC2OCCCC2(COc2cccnc2)C1. The van der Waals surface area contributed by atoms with Crippen LogP contribution in [0.25, 0.3) is 0 Å². The number of amides is 1. The van der Waals surface area contributed by atoms with Crippen molar-refractivity contribution in [1.29, 1.82) is 0 Å². The molecule has 1 amide bonds. The molecule has 130 valence electrons. The quantitative estimate of drug-likeness (QED) is 0.833. The highest BCUT2D eigenvalue weighted by atomic mass is 16.5. The van der Waals surface area contributed by atoms with Crippen molar-refractivity contribution in [3.05, 3.63) is 24.5 Å². The van der Waals surface area contributed by atoms with Crippen LogP contribution in [0.3, 0.4) is 0 Å². The summed E-state index contributed by atoms with van der Waals surface area (Å²) < 4.78 is 12.1. The number of hydrogen-bond acceptors (Lipinski definition) is 4. The summed E-state index contributed by atoms with van der Waals surface area (Å²) in [5.41, 5.74) is -0.0778. The van der Waals surface area contributed by atoms with E-state index in [2.05, 4.69) is 9.88 Å². The summed E-state index contributed by atoms with van der Waals surface area (Å²) >= 11 is 0. The topological polar surface area (TPSA) is 51.7 Å². The Kier molecular flexibility index (Phi) is 4.44. The van der Waals surface area contributed by atoms with Gasteiger partial charge in [-0.1, -0.05) is 0 Å². The maximum atomic E-state index is 12.6. The van der Waals surface area contributed by atoms with E-state index in [1.54, 1.807) is 12.4 Å². The van der Waals surface area contributed by atoms with Crippen molar-refractivity contribution >= 4 is 5.91 Å². The molecule has 0 aromatic carbocycles. The normalized spacial score (nSPS) is 29.8. The number of aromatic nitrogens is 1. The van der Waals surface area contributed by atoms with Gasteiger partial charge in [-0.25, -0.2) is 0 Å². The van der Waals surface area contributed by atoms with Crippen LogP contribution in [0.2, 0.25) is 0 Å². The molecule has 0 radical (unpaired) electrons. The van der Waals surface area contributed by atoms with E-state index < -0.39 is 0 Å². The second-order valence-corrected chi connectivity index (χ2v) is 7.55. The van der Waals surface area contributed by atoms with Crippen LogP contribution in [0.4, 0.5) is 0 Å². The molecule has 2 unspecified atom stereocenters. The van der Waals surface area contributed by atoms with Crippen LogP contribution in [0.15, 0.2) is 24.5 Å². The molecule has 1 aromatic rings. The number of hydrogen-bond donors (Lipinski definition) is 0. The molecule has 0 bridgehead atoms. The number of carbonyl (C=O) groups excluding carboxylic acids is 1. The number of carbonyl (C=O) groups is 1.